The first-order chi connectivity index (χ1) is 11.9. The average Bonchev–Trinajstić information content (AvgIpc) is 3.39. The number of imide groups is 1. The highest BCUT2D eigenvalue weighted by atomic mass is 16.5. The van der Waals surface area contributed by atoms with Crippen LogP contribution in [0.3, 0.4) is 0 Å². The maximum atomic E-state index is 12.5. The van der Waals surface area contributed by atoms with Gasteiger partial charge in [0, 0.05) is 7.11 Å². The molecule has 0 unspecified atom stereocenters. The molecule has 1 heterocycles. The summed E-state index contributed by atoms with van der Waals surface area (Å²) in [6.45, 7) is 1.36. The highest BCUT2D eigenvalue weighted by molar-refractivity contribution is 6.08. The minimum Gasteiger partial charge on any atom is -0.382 e. The Kier molecular flexibility index (Phi) is 4.76. The second kappa shape index (κ2) is 6.84. The number of rotatable bonds is 7. The summed E-state index contributed by atoms with van der Waals surface area (Å²) < 4.78 is 5.00. The fraction of sp³-hybridized carbons (Fsp3) is 0.500. The number of carbonyl (C=O) groups is 3. The smallest absolute Gasteiger partial charge is 0.325 e. The number of urea groups is 1. The van der Waals surface area contributed by atoms with Gasteiger partial charge in [-0.05, 0) is 31.2 Å². The van der Waals surface area contributed by atoms with Crippen LogP contribution < -0.4 is 10.6 Å². The largest absolute Gasteiger partial charge is 0.382 e. The molecule has 1 aromatic rings. The first-order valence-electron chi connectivity index (χ1n) is 8.42. The van der Waals surface area contributed by atoms with E-state index >= 15 is 0 Å². The standard InChI is InChI=1S/C18H23N3O4/c1-18(11-25-2)16(23)21(17(24)20-18)10-14(22)19-15(13-8-9-13)12-6-4-3-5-7-12/h3-7,13,15H,8-11H2,1-2H3,(H,19,22)(H,20,24)/t15-,18-/m0/s1. The van der Waals surface area contributed by atoms with Crippen LogP contribution in [-0.4, -0.2) is 48.5 Å². The number of amides is 4. The lowest BCUT2D eigenvalue weighted by molar-refractivity contribution is -0.136. The van der Waals surface area contributed by atoms with E-state index in [1.807, 2.05) is 30.3 Å². The maximum absolute atomic E-state index is 12.5. The predicted octanol–water partition coefficient (Wildman–Crippen LogP) is 1.21. The molecule has 0 radical (unpaired) electrons. The van der Waals surface area contributed by atoms with Gasteiger partial charge in [-0.25, -0.2) is 4.79 Å². The van der Waals surface area contributed by atoms with E-state index < -0.39 is 17.5 Å². The fourth-order valence-electron chi connectivity index (χ4n) is 3.20. The van der Waals surface area contributed by atoms with Gasteiger partial charge < -0.3 is 15.4 Å². The second-order valence-corrected chi connectivity index (χ2v) is 6.88. The molecule has 2 N–H and O–H groups in total. The van der Waals surface area contributed by atoms with Crippen LogP contribution in [0.15, 0.2) is 30.3 Å². The second-order valence-electron chi connectivity index (χ2n) is 6.88. The Morgan fingerprint density at radius 1 is 1.36 bits per heavy atom. The molecule has 7 nitrogen and oxygen atoms in total. The van der Waals surface area contributed by atoms with Gasteiger partial charge in [-0.3, -0.25) is 14.5 Å². The van der Waals surface area contributed by atoms with Crippen molar-refractivity contribution in [3.05, 3.63) is 35.9 Å². The summed E-state index contributed by atoms with van der Waals surface area (Å²) in [6, 6.07) is 9.11. The third-order valence-electron chi connectivity index (χ3n) is 4.65. The average molecular weight is 345 g/mol. The number of hydrogen-bond donors (Lipinski definition) is 2. The summed E-state index contributed by atoms with van der Waals surface area (Å²) >= 11 is 0. The van der Waals surface area contributed by atoms with Crippen LogP contribution in [0.1, 0.15) is 31.4 Å². The van der Waals surface area contributed by atoms with Crippen LogP contribution >= 0.6 is 0 Å². The first-order valence-corrected chi connectivity index (χ1v) is 8.42. The van der Waals surface area contributed by atoms with E-state index in [1.54, 1.807) is 6.92 Å². The van der Waals surface area contributed by atoms with Gasteiger partial charge in [0.1, 0.15) is 12.1 Å². The number of benzene rings is 1. The third kappa shape index (κ3) is 3.66. The molecule has 1 aliphatic heterocycles. The van der Waals surface area contributed by atoms with Gasteiger partial charge in [-0.15, -0.1) is 0 Å². The predicted molar refractivity (Wildman–Crippen MR) is 90.6 cm³/mol. The number of hydrogen-bond acceptors (Lipinski definition) is 4. The monoisotopic (exact) mass is 345 g/mol. The zero-order valence-electron chi connectivity index (χ0n) is 14.5. The van der Waals surface area contributed by atoms with Crippen molar-refractivity contribution >= 4 is 17.8 Å². The summed E-state index contributed by atoms with van der Waals surface area (Å²) in [5.74, 6) is -0.378. The SMILES string of the molecule is COC[C@]1(C)NC(=O)N(CC(=O)N[C@@H](c2ccccc2)C2CC2)C1=O. The molecule has 2 atom stereocenters. The maximum Gasteiger partial charge on any atom is 0.325 e. The van der Waals surface area contributed by atoms with E-state index in [9.17, 15) is 14.4 Å². The quantitative estimate of drug-likeness (QED) is 0.727. The molecule has 7 heteroatoms. The van der Waals surface area contributed by atoms with Gasteiger partial charge in [0.15, 0.2) is 0 Å². The molecule has 25 heavy (non-hydrogen) atoms. The van der Waals surface area contributed by atoms with Gasteiger partial charge in [-0.2, -0.15) is 0 Å². The van der Waals surface area contributed by atoms with E-state index in [0.29, 0.717) is 5.92 Å². The number of nitrogens with one attached hydrogen (secondary N) is 2. The molecule has 134 valence electrons. The van der Waals surface area contributed by atoms with Crippen molar-refractivity contribution in [2.45, 2.75) is 31.3 Å². The summed E-state index contributed by atoms with van der Waals surface area (Å²) in [7, 11) is 1.46. The molecular weight excluding hydrogens is 322 g/mol. The van der Waals surface area contributed by atoms with Crippen molar-refractivity contribution in [1.82, 2.24) is 15.5 Å². The van der Waals surface area contributed by atoms with Crippen molar-refractivity contribution in [3.8, 4) is 0 Å². The fourth-order valence-corrected chi connectivity index (χ4v) is 3.20. The van der Waals surface area contributed by atoms with Gasteiger partial charge in [0.25, 0.3) is 5.91 Å². The molecule has 1 saturated carbocycles. The van der Waals surface area contributed by atoms with Crippen molar-refractivity contribution in [1.29, 1.82) is 0 Å². The molecule has 2 aliphatic rings. The van der Waals surface area contributed by atoms with E-state index in [0.717, 1.165) is 23.3 Å². The lowest BCUT2D eigenvalue weighted by Crippen LogP contribution is -2.48. The lowest BCUT2D eigenvalue weighted by atomic mass is 10.0. The highest BCUT2D eigenvalue weighted by Gasteiger charge is 2.48. The van der Waals surface area contributed by atoms with Crippen LogP contribution in [-0.2, 0) is 14.3 Å². The molecule has 4 amide bonds. The Bertz CT molecular complexity index is 674. The van der Waals surface area contributed by atoms with Crippen molar-refractivity contribution < 1.29 is 19.1 Å². The Morgan fingerprint density at radius 2 is 2.04 bits per heavy atom. The van der Waals surface area contributed by atoms with Gasteiger partial charge in [0.05, 0.1) is 12.6 Å². The van der Waals surface area contributed by atoms with Gasteiger partial charge in [0.2, 0.25) is 5.91 Å². The summed E-state index contributed by atoms with van der Waals surface area (Å²) in [5.41, 5.74) is -0.0821. The molecule has 1 aromatic carbocycles. The Hall–Kier alpha value is -2.41. The molecule has 1 aliphatic carbocycles. The van der Waals surface area contributed by atoms with E-state index in [4.69, 9.17) is 4.74 Å². The summed E-state index contributed by atoms with van der Waals surface area (Å²) in [6.07, 6.45) is 2.13. The van der Waals surface area contributed by atoms with Crippen LogP contribution in [0.2, 0.25) is 0 Å². The summed E-state index contributed by atoms with van der Waals surface area (Å²) in [4.78, 5) is 37.9. The van der Waals surface area contributed by atoms with Gasteiger partial charge >= 0.3 is 6.03 Å². The molecule has 0 spiro atoms. The highest BCUT2D eigenvalue weighted by Crippen LogP contribution is 2.40. The van der Waals surface area contributed by atoms with Crippen LogP contribution in [0.4, 0.5) is 4.79 Å². The Labute approximate surface area is 146 Å². The molecule has 0 bridgehead atoms. The van der Waals surface area contributed by atoms with Crippen molar-refractivity contribution in [2.75, 3.05) is 20.3 Å². The van der Waals surface area contributed by atoms with E-state index in [-0.39, 0.29) is 25.1 Å². The number of carbonyl (C=O) groups excluding carboxylic acids is 3. The normalized spacial score (nSPS) is 24.2. The zero-order valence-corrected chi connectivity index (χ0v) is 14.5. The van der Waals surface area contributed by atoms with Crippen molar-refractivity contribution in [2.24, 2.45) is 5.92 Å². The van der Waals surface area contributed by atoms with Crippen LogP contribution in [0, 0.1) is 5.92 Å². The Morgan fingerprint density at radius 3 is 2.64 bits per heavy atom. The third-order valence-corrected chi connectivity index (χ3v) is 4.65. The van der Waals surface area contributed by atoms with Crippen LogP contribution in [0.5, 0.6) is 0 Å². The molecular formula is C18H23N3O4. The summed E-state index contributed by atoms with van der Waals surface area (Å²) in [5, 5.41) is 5.57. The van der Waals surface area contributed by atoms with Gasteiger partial charge in [-0.1, -0.05) is 30.3 Å². The molecule has 2 fully saturated rings. The first kappa shape index (κ1) is 17.4. The number of methoxy groups -OCH3 is 1. The van der Waals surface area contributed by atoms with Crippen LogP contribution in [0.25, 0.3) is 0 Å². The zero-order chi connectivity index (χ0) is 18.0. The molecule has 0 aromatic heterocycles. The number of ether oxygens (including phenoxy) is 1. The lowest BCUT2D eigenvalue weighted by Gasteiger charge is -2.22. The minimum absolute atomic E-state index is 0.0599. The topological polar surface area (TPSA) is 87.7 Å². The molecule has 1 saturated heterocycles. The van der Waals surface area contributed by atoms with Crippen molar-refractivity contribution in [3.63, 3.8) is 0 Å². The Balaban J connectivity index is 1.66. The molecule has 3 rings (SSSR count). The minimum atomic E-state index is -1.12. The van der Waals surface area contributed by atoms with E-state index in [2.05, 4.69) is 10.6 Å². The number of nitrogens with zero attached hydrogens (tertiary/aromatic N) is 1. The van der Waals surface area contributed by atoms with E-state index in [1.165, 1.54) is 7.11 Å².